The van der Waals surface area contributed by atoms with Crippen LogP contribution in [0.15, 0.2) is 78.9 Å². The van der Waals surface area contributed by atoms with Crippen LogP contribution in [0.3, 0.4) is 0 Å². The molecule has 0 saturated carbocycles. The van der Waals surface area contributed by atoms with E-state index < -0.39 is 0 Å². The van der Waals surface area contributed by atoms with Crippen LogP contribution in [-0.2, 0) is 4.79 Å². The number of carbonyl (C=O) groups excluding carboxylic acids is 2. The molecule has 5 heteroatoms. The molecular weight excluding hydrogens is 461 g/mol. The van der Waals surface area contributed by atoms with Gasteiger partial charge in [-0.05, 0) is 30.3 Å². The molecule has 0 spiro atoms. The number of benzene rings is 3. The lowest BCUT2D eigenvalue weighted by Gasteiger charge is -2.24. The molecule has 3 rings (SSSR count). The summed E-state index contributed by atoms with van der Waals surface area (Å²) in [6, 6.07) is 23.3. The van der Waals surface area contributed by atoms with Gasteiger partial charge in [0.05, 0.1) is 10.1 Å². The zero-order valence-corrected chi connectivity index (χ0v) is 16.6. The van der Waals surface area contributed by atoms with Gasteiger partial charge in [0.15, 0.2) is 5.78 Å². The SMILES string of the molecule is O=C(c1ccccc1)c1cc(Cl)ccc1N(C(=O)CI)c1ccccc1. The highest BCUT2D eigenvalue weighted by Crippen LogP contribution is 2.32. The first-order valence-electron chi connectivity index (χ1n) is 7.95. The molecule has 0 bridgehead atoms. The smallest absolute Gasteiger partial charge is 0.241 e. The van der Waals surface area contributed by atoms with Gasteiger partial charge < -0.3 is 0 Å². The second kappa shape index (κ2) is 8.47. The molecule has 3 aromatic rings. The average molecular weight is 476 g/mol. The number of rotatable bonds is 5. The van der Waals surface area contributed by atoms with Crippen LogP contribution in [0.25, 0.3) is 0 Å². The highest BCUT2D eigenvalue weighted by Gasteiger charge is 2.23. The Hall–Kier alpha value is -2.18. The largest absolute Gasteiger partial charge is 0.289 e. The first-order chi connectivity index (χ1) is 12.6. The molecule has 3 nitrogen and oxygen atoms in total. The number of carbonyl (C=O) groups is 2. The van der Waals surface area contributed by atoms with Crippen LogP contribution >= 0.6 is 34.2 Å². The Morgan fingerprint density at radius 3 is 2.12 bits per heavy atom. The van der Waals surface area contributed by atoms with Crippen LogP contribution in [0, 0.1) is 0 Å². The third kappa shape index (κ3) is 3.97. The maximum absolute atomic E-state index is 13.1. The molecule has 0 aliphatic heterocycles. The van der Waals surface area contributed by atoms with Gasteiger partial charge in [-0.3, -0.25) is 14.5 Å². The van der Waals surface area contributed by atoms with Crippen molar-refractivity contribution in [2.45, 2.75) is 0 Å². The Bertz CT molecular complexity index is 929. The lowest BCUT2D eigenvalue weighted by Crippen LogP contribution is -2.28. The average Bonchev–Trinajstić information content (AvgIpc) is 2.70. The fraction of sp³-hybridized carbons (Fsp3) is 0.0476. The Balaban J connectivity index is 2.17. The number of anilines is 2. The van der Waals surface area contributed by atoms with E-state index in [1.807, 2.05) is 71.1 Å². The minimum absolute atomic E-state index is 0.110. The van der Waals surface area contributed by atoms with E-state index in [-0.39, 0.29) is 16.1 Å². The summed E-state index contributed by atoms with van der Waals surface area (Å²) < 4.78 is 0.286. The topological polar surface area (TPSA) is 37.4 Å². The second-order valence-corrected chi connectivity index (χ2v) is 6.75. The molecule has 3 aromatic carbocycles. The zero-order chi connectivity index (χ0) is 18.5. The highest BCUT2D eigenvalue weighted by molar-refractivity contribution is 14.1. The van der Waals surface area contributed by atoms with Crippen molar-refractivity contribution in [3.8, 4) is 0 Å². The van der Waals surface area contributed by atoms with Crippen LogP contribution in [0.5, 0.6) is 0 Å². The molecule has 0 atom stereocenters. The van der Waals surface area contributed by atoms with Crippen LogP contribution < -0.4 is 4.90 Å². The summed E-state index contributed by atoms with van der Waals surface area (Å²) in [5.41, 5.74) is 2.17. The summed E-state index contributed by atoms with van der Waals surface area (Å²) in [5.74, 6) is -0.286. The molecule has 0 unspecified atom stereocenters. The van der Waals surface area contributed by atoms with E-state index in [0.717, 1.165) is 0 Å². The number of nitrogens with zero attached hydrogens (tertiary/aromatic N) is 1. The van der Waals surface area contributed by atoms with E-state index in [9.17, 15) is 9.59 Å². The molecule has 0 radical (unpaired) electrons. The number of halogens is 2. The maximum atomic E-state index is 13.1. The molecule has 0 N–H and O–H groups in total. The van der Waals surface area contributed by atoms with Gasteiger partial charge in [-0.25, -0.2) is 0 Å². The molecule has 0 aliphatic rings. The third-order valence-corrected chi connectivity index (χ3v) is 4.75. The number of amides is 1. The summed E-state index contributed by atoms with van der Waals surface area (Å²) in [6.07, 6.45) is 0. The molecule has 0 aromatic heterocycles. The van der Waals surface area contributed by atoms with E-state index in [4.69, 9.17) is 11.6 Å². The standard InChI is InChI=1S/C21H15ClINO2/c22-16-11-12-19(18(13-16)21(26)15-7-3-1-4-8-15)24(20(25)14-23)17-9-5-2-6-10-17/h1-13H,14H2. The number of para-hydroxylation sites is 1. The van der Waals surface area contributed by atoms with Crippen LogP contribution in [0.1, 0.15) is 15.9 Å². The first-order valence-corrected chi connectivity index (χ1v) is 9.85. The van der Waals surface area contributed by atoms with Gasteiger partial charge >= 0.3 is 0 Å². The summed E-state index contributed by atoms with van der Waals surface area (Å²) in [4.78, 5) is 27.3. The Morgan fingerprint density at radius 2 is 1.50 bits per heavy atom. The van der Waals surface area contributed by atoms with E-state index in [2.05, 4.69) is 0 Å². The van der Waals surface area contributed by atoms with Crippen molar-refractivity contribution < 1.29 is 9.59 Å². The van der Waals surface area contributed by atoms with Gasteiger partial charge in [-0.1, -0.05) is 82.7 Å². The summed E-state index contributed by atoms with van der Waals surface area (Å²) >= 11 is 8.18. The van der Waals surface area contributed by atoms with Crippen LogP contribution in [0.2, 0.25) is 5.02 Å². The van der Waals surface area contributed by atoms with Gasteiger partial charge in [0.2, 0.25) is 5.91 Å². The molecule has 0 heterocycles. The van der Waals surface area contributed by atoms with Crippen LogP contribution in [-0.4, -0.2) is 16.1 Å². The number of hydrogen-bond donors (Lipinski definition) is 0. The Morgan fingerprint density at radius 1 is 0.885 bits per heavy atom. The fourth-order valence-electron chi connectivity index (χ4n) is 2.68. The molecule has 130 valence electrons. The number of ketones is 1. The first kappa shape index (κ1) is 18.6. The monoisotopic (exact) mass is 475 g/mol. The predicted molar refractivity (Wildman–Crippen MR) is 114 cm³/mol. The fourth-order valence-corrected chi connectivity index (χ4v) is 3.20. The highest BCUT2D eigenvalue weighted by atomic mass is 127. The van der Waals surface area contributed by atoms with E-state index >= 15 is 0 Å². The van der Waals surface area contributed by atoms with Crippen molar-refractivity contribution in [1.29, 1.82) is 0 Å². The molecule has 0 saturated heterocycles. The van der Waals surface area contributed by atoms with Gasteiger partial charge in [-0.15, -0.1) is 0 Å². The lowest BCUT2D eigenvalue weighted by molar-refractivity contribution is -0.115. The van der Waals surface area contributed by atoms with Gasteiger partial charge in [0, 0.05) is 21.8 Å². The van der Waals surface area contributed by atoms with E-state index in [0.29, 0.717) is 27.5 Å². The molecule has 0 aliphatic carbocycles. The summed E-state index contributed by atoms with van der Waals surface area (Å²) in [6.45, 7) is 0. The van der Waals surface area contributed by atoms with E-state index in [1.54, 1.807) is 35.2 Å². The third-order valence-electron chi connectivity index (χ3n) is 3.86. The minimum atomic E-state index is -0.176. The van der Waals surface area contributed by atoms with Gasteiger partial charge in [0.25, 0.3) is 0 Å². The number of alkyl halides is 1. The molecule has 26 heavy (non-hydrogen) atoms. The van der Waals surface area contributed by atoms with Crippen molar-refractivity contribution in [2.75, 3.05) is 9.33 Å². The van der Waals surface area contributed by atoms with E-state index in [1.165, 1.54) is 0 Å². The minimum Gasteiger partial charge on any atom is -0.289 e. The molecule has 0 fully saturated rings. The van der Waals surface area contributed by atoms with Crippen molar-refractivity contribution in [3.05, 3.63) is 95.0 Å². The quantitative estimate of drug-likeness (QED) is 0.271. The normalized spacial score (nSPS) is 10.4. The zero-order valence-electron chi connectivity index (χ0n) is 13.7. The summed E-state index contributed by atoms with van der Waals surface area (Å²) in [7, 11) is 0. The van der Waals surface area contributed by atoms with Crippen molar-refractivity contribution in [3.63, 3.8) is 0 Å². The Labute approximate surface area is 170 Å². The molecule has 1 amide bonds. The van der Waals surface area contributed by atoms with Crippen molar-refractivity contribution in [2.24, 2.45) is 0 Å². The van der Waals surface area contributed by atoms with Gasteiger partial charge in [0.1, 0.15) is 0 Å². The summed E-state index contributed by atoms with van der Waals surface area (Å²) in [5, 5.41) is 0.447. The van der Waals surface area contributed by atoms with Crippen molar-refractivity contribution >= 4 is 57.3 Å². The lowest BCUT2D eigenvalue weighted by atomic mass is 10.0. The predicted octanol–water partition coefficient (Wildman–Crippen LogP) is 5.67. The van der Waals surface area contributed by atoms with Crippen molar-refractivity contribution in [1.82, 2.24) is 0 Å². The Kier molecular flexibility index (Phi) is 6.06. The second-order valence-electron chi connectivity index (χ2n) is 5.55. The maximum Gasteiger partial charge on any atom is 0.241 e. The number of hydrogen-bond acceptors (Lipinski definition) is 2. The molecular formula is C21H15ClINO2. The van der Waals surface area contributed by atoms with Crippen LogP contribution in [0.4, 0.5) is 11.4 Å². The van der Waals surface area contributed by atoms with Gasteiger partial charge in [-0.2, -0.15) is 0 Å².